The number of rotatable bonds is 8. The lowest BCUT2D eigenvalue weighted by Gasteiger charge is -2.26. The normalized spacial score (nSPS) is 16.3. The molecule has 0 aliphatic carbocycles. The van der Waals surface area contributed by atoms with Crippen molar-refractivity contribution in [2.75, 3.05) is 53.7 Å². The first-order valence-corrected chi connectivity index (χ1v) is 8.71. The maximum absolute atomic E-state index is 12.2. The molecular weight excluding hydrogens is 324 g/mol. The summed E-state index contributed by atoms with van der Waals surface area (Å²) in [6.07, 6.45) is 0. The highest BCUT2D eigenvalue weighted by Crippen LogP contribution is 2.29. The summed E-state index contributed by atoms with van der Waals surface area (Å²) in [5.41, 5.74) is 0. The summed E-state index contributed by atoms with van der Waals surface area (Å²) in [5.74, 6) is 0.795. The summed E-state index contributed by atoms with van der Waals surface area (Å²) < 4.78 is 39.8. The molecule has 0 unspecified atom stereocenters. The molecule has 1 fully saturated rings. The number of hydrogen-bond acceptors (Lipinski definition) is 7. The first-order chi connectivity index (χ1) is 11.1. The van der Waals surface area contributed by atoms with Gasteiger partial charge in [0, 0.05) is 25.7 Å². The molecule has 1 saturated heterocycles. The van der Waals surface area contributed by atoms with Crippen LogP contribution in [-0.4, -0.2) is 67.0 Å². The molecule has 8 nitrogen and oxygen atoms in total. The fraction of sp³-hybridized carbons (Fsp3) is 0.571. The van der Waals surface area contributed by atoms with Crippen molar-refractivity contribution in [1.29, 1.82) is 0 Å². The Kier molecular flexibility index (Phi) is 6.60. The highest BCUT2D eigenvalue weighted by atomic mass is 32.2. The smallest absolute Gasteiger partial charge is 0.262 e. The molecule has 0 saturated carbocycles. The summed E-state index contributed by atoms with van der Waals surface area (Å²) >= 11 is 0. The van der Waals surface area contributed by atoms with Gasteiger partial charge in [0.2, 0.25) is 0 Å². The summed E-state index contributed by atoms with van der Waals surface area (Å²) in [6, 6.07) is 4.34. The summed E-state index contributed by atoms with van der Waals surface area (Å²) in [6.45, 7) is 3.93. The number of morpholine rings is 1. The molecule has 0 amide bonds. The van der Waals surface area contributed by atoms with Crippen molar-refractivity contribution in [2.45, 2.75) is 4.90 Å². The quantitative estimate of drug-likeness (QED) is 0.533. The van der Waals surface area contributed by atoms with E-state index in [0.717, 1.165) is 13.1 Å². The van der Waals surface area contributed by atoms with Crippen LogP contribution in [0, 0.1) is 0 Å². The van der Waals surface area contributed by atoms with Gasteiger partial charge in [-0.05, 0) is 12.1 Å². The third-order valence-electron chi connectivity index (χ3n) is 3.45. The lowest BCUT2D eigenvalue weighted by Crippen LogP contribution is -2.39. The molecule has 0 bridgehead atoms. The van der Waals surface area contributed by atoms with Gasteiger partial charge >= 0.3 is 0 Å². The molecule has 1 aromatic rings. The highest BCUT2D eigenvalue weighted by molar-refractivity contribution is 7.89. The van der Waals surface area contributed by atoms with E-state index >= 15 is 0 Å². The Balaban J connectivity index is 1.88. The Bertz CT molecular complexity index is 601. The van der Waals surface area contributed by atoms with Crippen LogP contribution < -0.4 is 14.4 Å². The van der Waals surface area contributed by atoms with E-state index in [2.05, 4.69) is 9.79 Å². The molecule has 23 heavy (non-hydrogen) atoms. The van der Waals surface area contributed by atoms with Gasteiger partial charge in [0.05, 0.1) is 38.9 Å². The number of hydrogen-bond donors (Lipinski definition) is 1. The van der Waals surface area contributed by atoms with Crippen molar-refractivity contribution >= 4 is 10.0 Å². The monoisotopic (exact) mass is 346 g/mol. The molecule has 9 heteroatoms. The molecule has 0 aromatic heterocycles. The predicted octanol–water partition coefficient (Wildman–Crippen LogP) is 0.246. The minimum absolute atomic E-state index is 0.0431. The van der Waals surface area contributed by atoms with E-state index in [9.17, 15) is 8.42 Å². The minimum atomic E-state index is -3.77. The van der Waals surface area contributed by atoms with Gasteiger partial charge in [0.25, 0.3) is 10.0 Å². The van der Waals surface area contributed by atoms with Gasteiger partial charge in [-0.2, -0.15) is 0 Å². The average Bonchev–Trinajstić information content (AvgIpc) is 2.59. The molecule has 0 spiro atoms. The van der Waals surface area contributed by atoms with Crippen LogP contribution >= 0.6 is 0 Å². The Morgan fingerprint density at radius 2 is 1.87 bits per heavy atom. The first kappa shape index (κ1) is 18.0. The number of ether oxygens (including phenoxy) is 3. The summed E-state index contributed by atoms with van der Waals surface area (Å²) in [7, 11) is -0.842. The number of nitrogens with zero attached hydrogens (tertiary/aromatic N) is 1. The second kappa shape index (κ2) is 8.46. The first-order valence-electron chi connectivity index (χ1n) is 7.22. The zero-order valence-electron chi connectivity index (χ0n) is 13.3. The molecule has 1 aliphatic heterocycles. The van der Waals surface area contributed by atoms with E-state index in [4.69, 9.17) is 19.0 Å². The van der Waals surface area contributed by atoms with Crippen molar-refractivity contribution in [1.82, 2.24) is 9.79 Å². The standard InChI is InChI=1S/C14H22N2O6S/c1-19-13-4-3-12(11-14(13)20-2)23(17,18)15-22-10-7-16-5-8-21-9-6-16/h3-4,11,15H,5-10H2,1-2H3. The molecule has 1 N–H and O–H groups in total. The maximum Gasteiger partial charge on any atom is 0.262 e. The lowest BCUT2D eigenvalue weighted by atomic mass is 10.3. The SMILES string of the molecule is COc1ccc(S(=O)(=O)NOCCN2CCOCC2)cc1OC. The molecule has 1 aliphatic rings. The van der Waals surface area contributed by atoms with Crippen LogP contribution in [0.1, 0.15) is 0 Å². The van der Waals surface area contributed by atoms with E-state index < -0.39 is 10.0 Å². The summed E-state index contributed by atoms with van der Waals surface area (Å²) in [4.78, 5) is 9.40. The molecule has 130 valence electrons. The third kappa shape index (κ3) is 5.05. The Morgan fingerprint density at radius 1 is 1.17 bits per heavy atom. The van der Waals surface area contributed by atoms with E-state index in [1.807, 2.05) is 0 Å². The van der Waals surface area contributed by atoms with Crippen LogP contribution in [0.3, 0.4) is 0 Å². The molecule has 1 aromatic carbocycles. The van der Waals surface area contributed by atoms with E-state index in [0.29, 0.717) is 31.3 Å². The van der Waals surface area contributed by atoms with Gasteiger partial charge in [-0.1, -0.05) is 4.89 Å². The van der Waals surface area contributed by atoms with Gasteiger partial charge < -0.3 is 14.2 Å². The largest absolute Gasteiger partial charge is 0.493 e. The van der Waals surface area contributed by atoms with Crippen LogP contribution in [0.15, 0.2) is 23.1 Å². The zero-order chi connectivity index (χ0) is 16.7. The van der Waals surface area contributed by atoms with Crippen molar-refractivity contribution in [3.8, 4) is 11.5 Å². The number of nitrogens with one attached hydrogen (secondary N) is 1. The Morgan fingerprint density at radius 3 is 2.52 bits per heavy atom. The fourth-order valence-corrected chi connectivity index (χ4v) is 2.99. The van der Waals surface area contributed by atoms with Crippen molar-refractivity contribution in [2.24, 2.45) is 0 Å². The third-order valence-corrected chi connectivity index (χ3v) is 4.66. The van der Waals surface area contributed by atoms with Gasteiger partial charge in [0.15, 0.2) is 11.5 Å². The van der Waals surface area contributed by atoms with Crippen LogP contribution in [0.4, 0.5) is 0 Å². The van der Waals surface area contributed by atoms with Crippen molar-refractivity contribution in [3.63, 3.8) is 0 Å². The lowest BCUT2D eigenvalue weighted by molar-refractivity contribution is 0.0125. The molecule has 1 heterocycles. The number of benzene rings is 1. The van der Waals surface area contributed by atoms with Gasteiger partial charge in [-0.25, -0.2) is 8.42 Å². The molecular formula is C14H22N2O6S. The van der Waals surface area contributed by atoms with Gasteiger partial charge in [0.1, 0.15) is 0 Å². The molecule has 0 radical (unpaired) electrons. The Labute approximate surface area is 136 Å². The zero-order valence-corrected chi connectivity index (χ0v) is 14.1. The van der Waals surface area contributed by atoms with Crippen LogP contribution in [0.25, 0.3) is 0 Å². The Hall–Kier alpha value is -1.39. The van der Waals surface area contributed by atoms with Crippen LogP contribution in [0.5, 0.6) is 11.5 Å². The predicted molar refractivity (Wildman–Crippen MR) is 83.1 cm³/mol. The summed E-state index contributed by atoms with van der Waals surface area (Å²) in [5, 5.41) is 0. The molecule has 2 rings (SSSR count). The van der Waals surface area contributed by atoms with E-state index in [1.54, 1.807) is 0 Å². The van der Waals surface area contributed by atoms with Crippen molar-refractivity contribution in [3.05, 3.63) is 18.2 Å². The minimum Gasteiger partial charge on any atom is -0.493 e. The van der Waals surface area contributed by atoms with Crippen molar-refractivity contribution < 1.29 is 27.5 Å². The molecule has 0 atom stereocenters. The van der Waals surface area contributed by atoms with Gasteiger partial charge in [-0.15, -0.1) is 0 Å². The second-order valence-corrected chi connectivity index (χ2v) is 6.55. The number of methoxy groups -OCH3 is 2. The number of sulfonamides is 1. The highest BCUT2D eigenvalue weighted by Gasteiger charge is 2.17. The fourth-order valence-electron chi connectivity index (χ4n) is 2.15. The second-order valence-electron chi connectivity index (χ2n) is 4.91. The maximum atomic E-state index is 12.2. The van der Waals surface area contributed by atoms with Crippen LogP contribution in [-0.2, 0) is 19.6 Å². The van der Waals surface area contributed by atoms with E-state index in [-0.39, 0.29) is 11.5 Å². The average molecular weight is 346 g/mol. The topological polar surface area (TPSA) is 86.3 Å². The van der Waals surface area contributed by atoms with E-state index in [1.165, 1.54) is 32.4 Å². The van der Waals surface area contributed by atoms with Crippen LogP contribution in [0.2, 0.25) is 0 Å². The van der Waals surface area contributed by atoms with Gasteiger partial charge in [-0.3, -0.25) is 9.74 Å².